The quantitative estimate of drug-likeness (QED) is 0.799. The van der Waals surface area contributed by atoms with Crippen molar-refractivity contribution < 1.29 is 14.3 Å². The summed E-state index contributed by atoms with van der Waals surface area (Å²) < 4.78 is 7.11. The van der Waals surface area contributed by atoms with Crippen molar-refractivity contribution in [2.45, 2.75) is 13.8 Å². The minimum absolute atomic E-state index is 0.118. The van der Waals surface area contributed by atoms with E-state index in [2.05, 4.69) is 10.1 Å². The van der Waals surface area contributed by atoms with E-state index >= 15 is 0 Å². The molecule has 0 saturated heterocycles. The highest BCUT2D eigenvalue weighted by Crippen LogP contribution is 2.25. The fourth-order valence-corrected chi connectivity index (χ4v) is 2.13. The zero-order valence-corrected chi connectivity index (χ0v) is 11.6. The molecule has 0 aliphatic heterocycles. The summed E-state index contributed by atoms with van der Waals surface area (Å²) in [6, 6.07) is 11.0. The Labute approximate surface area is 120 Å². The summed E-state index contributed by atoms with van der Waals surface area (Å²) in [4.78, 5) is 15.5. The van der Waals surface area contributed by atoms with Gasteiger partial charge in [-0.2, -0.15) is 10.1 Å². The van der Waals surface area contributed by atoms with Crippen LogP contribution in [0.25, 0.3) is 17.3 Å². The number of carbonyl (C=O) groups is 1. The lowest BCUT2D eigenvalue weighted by Crippen LogP contribution is -2.06. The van der Waals surface area contributed by atoms with Crippen molar-refractivity contribution in [3.8, 4) is 17.3 Å². The van der Waals surface area contributed by atoms with Crippen LogP contribution in [0.1, 0.15) is 21.9 Å². The Kier molecular flexibility index (Phi) is 3.06. The predicted molar refractivity (Wildman–Crippen MR) is 75.5 cm³/mol. The second-order valence-electron chi connectivity index (χ2n) is 4.68. The first-order valence-electron chi connectivity index (χ1n) is 6.39. The van der Waals surface area contributed by atoms with Crippen LogP contribution in [0.4, 0.5) is 0 Å². The summed E-state index contributed by atoms with van der Waals surface area (Å²) in [6.07, 6.45) is 0. The number of rotatable bonds is 3. The summed E-state index contributed by atoms with van der Waals surface area (Å²) in [7, 11) is 0. The van der Waals surface area contributed by atoms with E-state index in [9.17, 15) is 9.90 Å². The molecule has 6 nitrogen and oxygen atoms in total. The summed E-state index contributed by atoms with van der Waals surface area (Å²) in [5.74, 6) is -0.772. The van der Waals surface area contributed by atoms with Crippen molar-refractivity contribution in [3.63, 3.8) is 0 Å². The molecular weight excluding hydrogens is 270 g/mol. The van der Waals surface area contributed by atoms with Gasteiger partial charge >= 0.3 is 5.97 Å². The monoisotopic (exact) mass is 283 g/mol. The molecule has 21 heavy (non-hydrogen) atoms. The molecule has 0 atom stereocenters. The van der Waals surface area contributed by atoms with Gasteiger partial charge in [-0.15, -0.1) is 0 Å². The molecule has 0 bridgehead atoms. The van der Waals surface area contributed by atoms with Crippen molar-refractivity contribution in [2.75, 3.05) is 0 Å². The number of aromatic carboxylic acids is 1. The lowest BCUT2D eigenvalue weighted by atomic mass is 10.2. The van der Waals surface area contributed by atoms with E-state index < -0.39 is 5.97 Å². The van der Waals surface area contributed by atoms with Gasteiger partial charge in [-0.05, 0) is 32.0 Å². The van der Waals surface area contributed by atoms with Gasteiger partial charge in [0.2, 0.25) is 11.6 Å². The molecule has 0 spiro atoms. The highest BCUT2D eigenvalue weighted by atomic mass is 16.4. The Hall–Kier alpha value is -2.89. The van der Waals surface area contributed by atoms with Crippen molar-refractivity contribution in [1.82, 2.24) is 14.8 Å². The third-order valence-corrected chi connectivity index (χ3v) is 3.03. The van der Waals surface area contributed by atoms with Crippen LogP contribution in [0, 0.1) is 13.8 Å². The Bertz CT molecular complexity index is 803. The molecule has 2 aromatic heterocycles. The van der Waals surface area contributed by atoms with Crippen LogP contribution in [-0.2, 0) is 0 Å². The second-order valence-corrected chi connectivity index (χ2v) is 4.68. The number of hydrogen-bond donors (Lipinski definition) is 1. The molecule has 3 rings (SSSR count). The Morgan fingerprint density at radius 3 is 2.52 bits per heavy atom. The summed E-state index contributed by atoms with van der Waals surface area (Å²) in [5, 5.41) is 13.6. The van der Waals surface area contributed by atoms with Crippen molar-refractivity contribution in [3.05, 3.63) is 53.5 Å². The third-order valence-electron chi connectivity index (χ3n) is 3.03. The number of hydrogen-bond acceptors (Lipinski definition) is 4. The van der Waals surface area contributed by atoms with Crippen LogP contribution in [0.3, 0.4) is 0 Å². The van der Waals surface area contributed by atoms with Gasteiger partial charge in [0, 0.05) is 11.3 Å². The largest absolute Gasteiger partial charge is 0.476 e. The van der Waals surface area contributed by atoms with Gasteiger partial charge in [0.1, 0.15) is 0 Å². The average Bonchev–Trinajstić information content (AvgIpc) is 3.03. The molecule has 106 valence electrons. The smallest absolute Gasteiger partial charge is 0.360 e. The molecule has 3 aromatic rings. The first kappa shape index (κ1) is 13.1. The number of nitrogens with zero attached hydrogens (tertiary/aromatic N) is 3. The maximum absolute atomic E-state index is 11.4. The van der Waals surface area contributed by atoms with Gasteiger partial charge < -0.3 is 9.52 Å². The molecule has 2 heterocycles. The zero-order valence-electron chi connectivity index (χ0n) is 11.6. The molecule has 0 radical (unpaired) electrons. The number of carboxylic acids is 1. The molecule has 6 heteroatoms. The summed E-state index contributed by atoms with van der Waals surface area (Å²) in [6.45, 7) is 3.66. The number of oxazole rings is 1. The Balaban J connectivity index is 2.18. The normalized spacial score (nSPS) is 10.8. The van der Waals surface area contributed by atoms with Gasteiger partial charge in [-0.1, -0.05) is 18.2 Å². The summed E-state index contributed by atoms with van der Waals surface area (Å²) >= 11 is 0. The van der Waals surface area contributed by atoms with E-state index in [0.717, 1.165) is 11.4 Å². The van der Waals surface area contributed by atoms with E-state index in [4.69, 9.17) is 4.42 Å². The van der Waals surface area contributed by atoms with E-state index in [-0.39, 0.29) is 17.5 Å². The first-order valence-corrected chi connectivity index (χ1v) is 6.39. The zero-order chi connectivity index (χ0) is 15.0. The van der Waals surface area contributed by atoms with Crippen LogP contribution in [0.15, 0.2) is 40.8 Å². The maximum atomic E-state index is 11.4. The Morgan fingerprint density at radius 2 is 1.95 bits per heavy atom. The lowest BCUT2D eigenvalue weighted by molar-refractivity contribution is 0.0690. The van der Waals surface area contributed by atoms with Gasteiger partial charge in [0.25, 0.3) is 5.88 Å². The predicted octanol–water partition coefficient (Wildman–Crippen LogP) is 2.84. The van der Waals surface area contributed by atoms with Crippen LogP contribution in [0.5, 0.6) is 0 Å². The topological polar surface area (TPSA) is 81.2 Å². The SMILES string of the molecule is Cc1cc(C)n(-c2oc(-c3ccccc3)nc2C(=O)O)n1. The summed E-state index contributed by atoms with van der Waals surface area (Å²) in [5.41, 5.74) is 2.13. The highest BCUT2D eigenvalue weighted by Gasteiger charge is 2.23. The van der Waals surface area contributed by atoms with Gasteiger partial charge in [0.15, 0.2) is 0 Å². The second kappa shape index (κ2) is 4.90. The van der Waals surface area contributed by atoms with E-state index in [1.807, 2.05) is 50.2 Å². The molecule has 1 N–H and O–H groups in total. The number of aromatic nitrogens is 3. The Morgan fingerprint density at radius 1 is 1.24 bits per heavy atom. The fraction of sp³-hybridized carbons (Fsp3) is 0.133. The highest BCUT2D eigenvalue weighted by molar-refractivity contribution is 5.89. The van der Waals surface area contributed by atoms with Crippen molar-refractivity contribution in [2.24, 2.45) is 0 Å². The third kappa shape index (κ3) is 2.31. The minimum Gasteiger partial charge on any atom is -0.476 e. The lowest BCUT2D eigenvalue weighted by Gasteiger charge is -2.00. The van der Waals surface area contributed by atoms with Crippen molar-refractivity contribution in [1.29, 1.82) is 0 Å². The van der Waals surface area contributed by atoms with Gasteiger partial charge in [-0.25, -0.2) is 9.48 Å². The van der Waals surface area contributed by atoms with E-state index in [1.54, 1.807) is 0 Å². The van der Waals surface area contributed by atoms with Crippen LogP contribution >= 0.6 is 0 Å². The van der Waals surface area contributed by atoms with Crippen LogP contribution in [0.2, 0.25) is 0 Å². The first-order chi connectivity index (χ1) is 10.1. The van der Waals surface area contributed by atoms with Crippen LogP contribution < -0.4 is 0 Å². The molecule has 0 aliphatic rings. The molecule has 0 saturated carbocycles. The average molecular weight is 283 g/mol. The molecule has 0 amide bonds. The van der Waals surface area contributed by atoms with E-state index in [0.29, 0.717) is 5.56 Å². The molecule has 0 aliphatic carbocycles. The standard InChI is InChI=1S/C15H13N3O3/c1-9-8-10(2)18(17-9)14-12(15(19)20)16-13(21-14)11-6-4-3-5-7-11/h3-8H,1-2H3,(H,19,20). The van der Waals surface area contributed by atoms with E-state index in [1.165, 1.54) is 4.68 Å². The molecule has 0 fully saturated rings. The molecular formula is C15H13N3O3. The number of carboxylic acid groups (broad SMARTS) is 1. The number of aryl methyl sites for hydroxylation is 2. The maximum Gasteiger partial charge on any atom is 0.360 e. The van der Waals surface area contributed by atoms with Gasteiger partial charge in [0.05, 0.1) is 5.69 Å². The minimum atomic E-state index is -1.15. The van der Waals surface area contributed by atoms with Gasteiger partial charge in [-0.3, -0.25) is 0 Å². The molecule has 1 aromatic carbocycles. The number of benzene rings is 1. The van der Waals surface area contributed by atoms with Crippen LogP contribution in [-0.4, -0.2) is 25.8 Å². The fourth-order valence-electron chi connectivity index (χ4n) is 2.13. The molecule has 0 unspecified atom stereocenters. The van der Waals surface area contributed by atoms with Crippen molar-refractivity contribution >= 4 is 5.97 Å².